The van der Waals surface area contributed by atoms with Crippen molar-refractivity contribution in [2.75, 3.05) is 46.4 Å². The van der Waals surface area contributed by atoms with E-state index in [2.05, 4.69) is 23.7 Å². The summed E-state index contributed by atoms with van der Waals surface area (Å²) in [7, 11) is 1.61. The second kappa shape index (κ2) is 13.5. The van der Waals surface area contributed by atoms with Gasteiger partial charge in [-0.15, -0.1) is 5.92 Å². The van der Waals surface area contributed by atoms with Crippen LogP contribution in [-0.2, 0) is 9.59 Å². The minimum Gasteiger partial charge on any atom is -0.497 e. The van der Waals surface area contributed by atoms with Crippen molar-refractivity contribution in [3.63, 3.8) is 0 Å². The van der Waals surface area contributed by atoms with Crippen LogP contribution in [0.4, 0.5) is 0 Å². The van der Waals surface area contributed by atoms with E-state index < -0.39 is 0 Å². The molecule has 1 heterocycles. The van der Waals surface area contributed by atoms with Crippen LogP contribution in [0.3, 0.4) is 0 Å². The van der Waals surface area contributed by atoms with Crippen molar-refractivity contribution in [1.82, 2.24) is 9.80 Å². The molecule has 0 aliphatic carbocycles. The van der Waals surface area contributed by atoms with Crippen LogP contribution in [0.2, 0.25) is 0 Å². The fraction of sp³-hybridized carbons (Fsp3) is 0.500. The molecule has 7 heteroatoms. The van der Waals surface area contributed by atoms with Gasteiger partial charge in [0.1, 0.15) is 11.5 Å². The van der Waals surface area contributed by atoms with Gasteiger partial charge >= 0.3 is 0 Å². The molecule has 1 aromatic carbocycles. The predicted octanol–water partition coefficient (Wildman–Crippen LogP) is 1.72. The number of carboxylic acid groups (broad SMARTS) is 1. The van der Waals surface area contributed by atoms with Crippen LogP contribution < -0.4 is 9.47 Å². The Balaban J connectivity index is 0.00000114. The van der Waals surface area contributed by atoms with Crippen molar-refractivity contribution in [3.05, 3.63) is 24.3 Å². The SMILES string of the molecule is CCC#CCN1CCCN(C(=O)COc2cccc(OC)c2)CC1.O=CO. The largest absolute Gasteiger partial charge is 0.497 e. The average Bonchev–Trinajstić information content (AvgIpc) is 2.93. The summed E-state index contributed by atoms with van der Waals surface area (Å²) in [6.07, 6.45) is 1.86. The molecule has 0 atom stereocenters. The Labute approximate surface area is 160 Å². The number of ether oxygens (including phenoxy) is 2. The third kappa shape index (κ3) is 8.97. The summed E-state index contributed by atoms with van der Waals surface area (Å²) in [6.45, 7) is 6.01. The van der Waals surface area contributed by atoms with Gasteiger partial charge in [0.05, 0.1) is 13.7 Å². The van der Waals surface area contributed by atoms with E-state index in [1.54, 1.807) is 13.2 Å². The van der Waals surface area contributed by atoms with E-state index in [9.17, 15) is 4.79 Å². The fourth-order valence-corrected chi connectivity index (χ4v) is 2.60. The van der Waals surface area contributed by atoms with Crippen molar-refractivity contribution in [2.45, 2.75) is 19.8 Å². The first-order valence-corrected chi connectivity index (χ1v) is 8.95. The minimum absolute atomic E-state index is 0.0271. The molecule has 1 aliphatic rings. The highest BCUT2D eigenvalue weighted by atomic mass is 16.5. The lowest BCUT2D eigenvalue weighted by Crippen LogP contribution is -2.38. The van der Waals surface area contributed by atoms with E-state index in [0.717, 1.165) is 51.3 Å². The molecule has 0 radical (unpaired) electrons. The van der Waals surface area contributed by atoms with Gasteiger partial charge in [0.15, 0.2) is 6.61 Å². The van der Waals surface area contributed by atoms with Gasteiger partial charge in [0, 0.05) is 38.7 Å². The maximum atomic E-state index is 12.4. The molecule has 1 aromatic rings. The number of nitrogens with zero attached hydrogens (tertiary/aromatic N) is 2. The second-order valence-corrected chi connectivity index (χ2v) is 5.79. The first-order chi connectivity index (χ1) is 13.1. The van der Waals surface area contributed by atoms with Crippen molar-refractivity contribution in [1.29, 1.82) is 0 Å². The van der Waals surface area contributed by atoms with Crippen molar-refractivity contribution in [2.24, 2.45) is 0 Å². The third-order valence-electron chi connectivity index (χ3n) is 3.95. The van der Waals surface area contributed by atoms with Gasteiger partial charge in [-0.2, -0.15) is 0 Å². The number of rotatable bonds is 5. The maximum absolute atomic E-state index is 12.4. The summed E-state index contributed by atoms with van der Waals surface area (Å²) in [5.41, 5.74) is 0. The molecule has 0 saturated carbocycles. The molecule has 2 rings (SSSR count). The lowest BCUT2D eigenvalue weighted by molar-refractivity contribution is -0.133. The first kappa shape index (κ1) is 22.3. The standard InChI is InChI=1S/C19H26N2O3.CH2O2/c1-3-4-5-10-20-11-7-12-21(14-13-20)19(22)16-24-18-9-6-8-17(15-18)23-2;2-1-3/h6,8-9,15H,3,7,10-14,16H2,1-2H3;1H,(H,2,3). The molecule has 1 amide bonds. The molecule has 0 bridgehead atoms. The van der Waals surface area contributed by atoms with Gasteiger partial charge in [-0.05, 0) is 18.6 Å². The van der Waals surface area contributed by atoms with Crippen LogP contribution in [0.25, 0.3) is 0 Å². The Morgan fingerprint density at radius 2 is 1.96 bits per heavy atom. The monoisotopic (exact) mass is 376 g/mol. The zero-order chi connectivity index (χ0) is 19.9. The van der Waals surface area contributed by atoms with Gasteiger partial charge in [-0.1, -0.05) is 18.9 Å². The van der Waals surface area contributed by atoms with E-state index in [-0.39, 0.29) is 19.0 Å². The smallest absolute Gasteiger partial charge is 0.290 e. The zero-order valence-electron chi connectivity index (χ0n) is 16.0. The highest BCUT2D eigenvalue weighted by Crippen LogP contribution is 2.18. The van der Waals surface area contributed by atoms with Crippen LogP contribution in [-0.4, -0.2) is 73.7 Å². The lowest BCUT2D eigenvalue weighted by Gasteiger charge is -2.21. The van der Waals surface area contributed by atoms with Crippen LogP contribution in [0.15, 0.2) is 24.3 Å². The number of hydrogen-bond donors (Lipinski definition) is 1. The topological polar surface area (TPSA) is 79.3 Å². The van der Waals surface area contributed by atoms with Crippen LogP contribution in [0, 0.1) is 11.8 Å². The molecule has 7 nitrogen and oxygen atoms in total. The van der Waals surface area contributed by atoms with Crippen molar-refractivity contribution >= 4 is 12.4 Å². The second-order valence-electron chi connectivity index (χ2n) is 5.79. The van der Waals surface area contributed by atoms with Crippen LogP contribution in [0.1, 0.15) is 19.8 Å². The van der Waals surface area contributed by atoms with E-state index in [1.807, 2.05) is 23.1 Å². The van der Waals surface area contributed by atoms with Gasteiger partial charge in [0.2, 0.25) is 0 Å². The Hall–Kier alpha value is -2.72. The first-order valence-electron chi connectivity index (χ1n) is 8.95. The minimum atomic E-state index is -0.250. The molecule has 1 fully saturated rings. The molecule has 0 aromatic heterocycles. The Bertz CT molecular complexity index is 639. The van der Waals surface area contributed by atoms with E-state index in [0.29, 0.717) is 5.75 Å². The predicted molar refractivity (Wildman–Crippen MR) is 103 cm³/mol. The Morgan fingerprint density at radius 3 is 2.67 bits per heavy atom. The van der Waals surface area contributed by atoms with Gasteiger partial charge in [-0.3, -0.25) is 14.5 Å². The maximum Gasteiger partial charge on any atom is 0.290 e. The summed E-state index contributed by atoms with van der Waals surface area (Å²) in [6, 6.07) is 7.30. The third-order valence-corrected chi connectivity index (χ3v) is 3.95. The normalized spacial score (nSPS) is 13.9. The van der Waals surface area contributed by atoms with Gasteiger partial charge in [-0.25, -0.2) is 0 Å². The summed E-state index contributed by atoms with van der Waals surface area (Å²) in [4.78, 5) is 24.9. The van der Waals surface area contributed by atoms with Gasteiger partial charge < -0.3 is 19.5 Å². The molecular formula is C20H28N2O5. The molecule has 0 unspecified atom stereocenters. The van der Waals surface area contributed by atoms with E-state index >= 15 is 0 Å². The highest BCUT2D eigenvalue weighted by Gasteiger charge is 2.19. The Kier molecular flexibility index (Phi) is 11.1. The average molecular weight is 376 g/mol. The van der Waals surface area contributed by atoms with E-state index in [1.165, 1.54) is 0 Å². The zero-order valence-corrected chi connectivity index (χ0v) is 16.0. The molecule has 27 heavy (non-hydrogen) atoms. The number of hydrogen-bond acceptors (Lipinski definition) is 5. The molecule has 1 aliphatic heterocycles. The van der Waals surface area contributed by atoms with Crippen molar-refractivity contribution < 1.29 is 24.2 Å². The Morgan fingerprint density at radius 1 is 1.22 bits per heavy atom. The molecule has 1 saturated heterocycles. The number of methoxy groups -OCH3 is 1. The fourth-order valence-electron chi connectivity index (χ4n) is 2.60. The van der Waals surface area contributed by atoms with E-state index in [4.69, 9.17) is 19.4 Å². The quantitative estimate of drug-likeness (QED) is 0.623. The number of carbonyl (C=O) groups excluding carboxylic acids is 1. The molecule has 1 N–H and O–H groups in total. The molecule has 0 spiro atoms. The van der Waals surface area contributed by atoms with Gasteiger partial charge in [0.25, 0.3) is 12.4 Å². The summed E-state index contributed by atoms with van der Waals surface area (Å²) < 4.78 is 10.8. The number of amides is 1. The number of benzene rings is 1. The molecular weight excluding hydrogens is 348 g/mol. The summed E-state index contributed by atoms with van der Waals surface area (Å²) >= 11 is 0. The lowest BCUT2D eigenvalue weighted by atomic mass is 10.3. The van der Waals surface area contributed by atoms with Crippen LogP contribution >= 0.6 is 0 Å². The highest BCUT2D eigenvalue weighted by molar-refractivity contribution is 5.77. The summed E-state index contributed by atoms with van der Waals surface area (Å²) in [5, 5.41) is 6.89. The summed E-state index contributed by atoms with van der Waals surface area (Å²) in [5.74, 6) is 7.66. The molecule has 148 valence electrons. The number of carbonyl (C=O) groups is 2. The van der Waals surface area contributed by atoms with Crippen LogP contribution in [0.5, 0.6) is 11.5 Å². The van der Waals surface area contributed by atoms with Crippen molar-refractivity contribution in [3.8, 4) is 23.3 Å².